The van der Waals surface area contributed by atoms with E-state index in [0.29, 0.717) is 0 Å². The highest BCUT2D eigenvalue weighted by Gasteiger charge is 2.19. The molecular formula is C32H36O. The average Bonchev–Trinajstić information content (AvgIpc) is 2.87. The Morgan fingerprint density at radius 3 is 1.82 bits per heavy atom. The molecule has 0 saturated heterocycles. The minimum absolute atomic E-state index is 0.734. The second kappa shape index (κ2) is 11.8. The van der Waals surface area contributed by atoms with Crippen LogP contribution >= 0.6 is 0 Å². The third-order valence-corrected chi connectivity index (χ3v) is 6.84. The Morgan fingerprint density at radius 1 is 0.697 bits per heavy atom. The lowest BCUT2D eigenvalue weighted by Crippen LogP contribution is -2.10. The maximum atomic E-state index is 5.82. The van der Waals surface area contributed by atoms with Crippen molar-refractivity contribution in [2.24, 2.45) is 5.92 Å². The van der Waals surface area contributed by atoms with Crippen molar-refractivity contribution in [1.82, 2.24) is 0 Å². The minimum atomic E-state index is 0.734. The van der Waals surface area contributed by atoms with Crippen molar-refractivity contribution in [2.75, 3.05) is 6.61 Å². The first-order chi connectivity index (χ1) is 16.2. The fourth-order valence-corrected chi connectivity index (χ4v) is 4.61. The van der Waals surface area contributed by atoms with Crippen LogP contribution in [0.4, 0.5) is 0 Å². The van der Waals surface area contributed by atoms with Gasteiger partial charge in [-0.05, 0) is 84.2 Å². The molecule has 170 valence electrons. The highest BCUT2D eigenvalue weighted by Crippen LogP contribution is 2.35. The standard InChI is InChI=1S/C32H36O/c1-3-4-5-24-33-32-22-20-31(21-23-32)30-18-12-27(13-19-30)9-8-26-10-16-29(17-11-26)28-14-6-25(2)7-15-28/h10-13,16-23,25,28H,3-7,14-15,24H2,1-2H3. The molecule has 1 fully saturated rings. The third-order valence-electron chi connectivity index (χ3n) is 6.84. The molecule has 0 bridgehead atoms. The van der Waals surface area contributed by atoms with Gasteiger partial charge in [-0.2, -0.15) is 0 Å². The van der Waals surface area contributed by atoms with Crippen molar-refractivity contribution in [3.63, 3.8) is 0 Å². The second-order valence-electron chi connectivity index (χ2n) is 9.49. The lowest BCUT2D eigenvalue weighted by atomic mass is 9.79. The summed E-state index contributed by atoms with van der Waals surface area (Å²) >= 11 is 0. The van der Waals surface area contributed by atoms with E-state index in [1.807, 2.05) is 0 Å². The van der Waals surface area contributed by atoms with Gasteiger partial charge in [0.1, 0.15) is 5.75 Å². The van der Waals surface area contributed by atoms with Gasteiger partial charge in [-0.3, -0.25) is 0 Å². The Bertz CT molecular complexity index is 1040. The van der Waals surface area contributed by atoms with Gasteiger partial charge in [0.25, 0.3) is 0 Å². The van der Waals surface area contributed by atoms with Crippen molar-refractivity contribution in [3.05, 3.63) is 89.5 Å². The third kappa shape index (κ3) is 6.75. The normalized spacial score (nSPS) is 17.8. The summed E-state index contributed by atoms with van der Waals surface area (Å²) < 4.78 is 5.82. The zero-order valence-corrected chi connectivity index (χ0v) is 20.1. The van der Waals surface area contributed by atoms with Crippen molar-refractivity contribution in [2.45, 2.75) is 64.7 Å². The van der Waals surface area contributed by atoms with E-state index in [1.54, 1.807) is 0 Å². The predicted molar refractivity (Wildman–Crippen MR) is 140 cm³/mol. The Hall–Kier alpha value is -2.98. The maximum absolute atomic E-state index is 5.82. The van der Waals surface area contributed by atoms with Gasteiger partial charge in [0.05, 0.1) is 6.61 Å². The van der Waals surface area contributed by atoms with Gasteiger partial charge in [0, 0.05) is 11.1 Å². The summed E-state index contributed by atoms with van der Waals surface area (Å²) in [5.74, 6) is 9.22. The number of benzene rings is 3. The SMILES string of the molecule is CCCCCOc1ccc(-c2ccc(C#Cc3ccc(C4CCC(C)CC4)cc3)cc2)cc1. The van der Waals surface area contributed by atoms with E-state index in [9.17, 15) is 0 Å². The Balaban J connectivity index is 1.33. The van der Waals surface area contributed by atoms with Crippen LogP contribution in [0, 0.1) is 17.8 Å². The van der Waals surface area contributed by atoms with Crippen molar-refractivity contribution in [1.29, 1.82) is 0 Å². The molecule has 0 unspecified atom stereocenters. The lowest BCUT2D eigenvalue weighted by molar-refractivity contribution is 0.306. The molecule has 0 spiro atoms. The topological polar surface area (TPSA) is 9.23 Å². The molecule has 0 heterocycles. The van der Waals surface area contributed by atoms with Crippen LogP contribution in [0.1, 0.15) is 81.4 Å². The molecule has 0 radical (unpaired) electrons. The molecule has 3 aromatic carbocycles. The van der Waals surface area contributed by atoms with E-state index in [2.05, 4.69) is 98.5 Å². The minimum Gasteiger partial charge on any atom is -0.494 e. The molecule has 1 heteroatoms. The van der Waals surface area contributed by atoms with E-state index < -0.39 is 0 Å². The number of unbranched alkanes of at least 4 members (excludes halogenated alkanes) is 2. The first-order valence-electron chi connectivity index (χ1n) is 12.7. The molecule has 0 atom stereocenters. The fourth-order valence-electron chi connectivity index (χ4n) is 4.61. The van der Waals surface area contributed by atoms with Crippen molar-refractivity contribution < 1.29 is 4.74 Å². The highest BCUT2D eigenvalue weighted by atomic mass is 16.5. The molecule has 1 aliphatic rings. The fraction of sp³-hybridized carbons (Fsp3) is 0.375. The maximum Gasteiger partial charge on any atom is 0.119 e. The number of rotatable bonds is 7. The molecule has 0 aliphatic heterocycles. The van der Waals surface area contributed by atoms with Gasteiger partial charge in [0.2, 0.25) is 0 Å². The molecule has 1 nitrogen and oxygen atoms in total. The Labute approximate surface area is 200 Å². The summed E-state index contributed by atoms with van der Waals surface area (Å²) in [7, 11) is 0. The van der Waals surface area contributed by atoms with E-state index in [-0.39, 0.29) is 0 Å². The number of ether oxygens (including phenoxy) is 1. The van der Waals surface area contributed by atoms with Gasteiger partial charge in [0.15, 0.2) is 0 Å². The molecule has 1 saturated carbocycles. The molecule has 33 heavy (non-hydrogen) atoms. The summed E-state index contributed by atoms with van der Waals surface area (Å²) in [5.41, 5.74) is 6.00. The molecule has 4 rings (SSSR count). The smallest absolute Gasteiger partial charge is 0.119 e. The Kier molecular flexibility index (Phi) is 8.26. The van der Waals surface area contributed by atoms with Crippen LogP contribution in [-0.4, -0.2) is 6.61 Å². The van der Waals surface area contributed by atoms with Crippen LogP contribution in [0.15, 0.2) is 72.8 Å². The van der Waals surface area contributed by atoms with Crippen molar-refractivity contribution >= 4 is 0 Å². The van der Waals surface area contributed by atoms with Gasteiger partial charge in [-0.1, -0.05) is 87.8 Å². The van der Waals surface area contributed by atoms with E-state index >= 15 is 0 Å². The van der Waals surface area contributed by atoms with E-state index in [4.69, 9.17) is 4.74 Å². The van der Waals surface area contributed by atoms with Gasteiger partial charge < -0.3 is 4.74 Å². The second-order valence-corrected chi connectivity index (χ2v) is 9.49. The van der Waals surface area contributed by atoms with Gasteiger partial charge in [-0.25, -0.2) is 0 Å². The Morgan fingerprint density at radius 2 is 1.24 bits per heavy atom. The molecule has 0 N–H and O–H groups in total. The summed E-state index contributed by atoms with van der Waals surface area (Å²) in [4.78, 5) is 0. The van der Waals surface area contributed by atoms with E-state index in [1.165, 1.54) is 55.2 Å². The van der Waals surface area contributed by atoms with Crippen LogP contribution in [0.3, 0.4) is 0 Å². The van der Waals surface area contributed by atoms with Crippen LogP contribution in [0.25, 0.3) is 11.1 Å². The summed E-state index contributed by atoms with van der Waals surface area (Å²) in [6.07, 6.45) is 8.93. The summed E-state index contributed by atoms with van der Waals surface area (Å²) in [6, 6.07) is 25.8. The molecule has 3 aromatic rings. The average molecular weight is 437 g/mol. The molecular weight excluding hydrogens is 400 g/mol. The summed E-state index contributed by atoms with van der Waals surface area (Å²) in [5, 5.41) is 0. The zero-order chi connectivity index (χ0) is 22.9. The predicted octanol–water partition coefficient (Wildman–Crippen LogP) is 8.62. The quantitative estimate of drug-likeness (QED) is 0.266. The van der Waals surface area contributed by atoms with Gasteiger partial charge >= 0.3 is 0 Å². The molecule has 0 aromatic heterocycles. The van der Waals surface area contributed by atoms with E-state index in [0.717, 1.165) is 41.7 Å². The lowest BCUT2D eigenvalue weighted by Gasteiger charge is -2.26. The van der Waals surface area contributed by atoms with Crippen LogP contribution in [-0.2, 0) is 0 Å². The first kappa shape index (κ1) is 23.2. The summed E-state index contributed by atoms with van der Waals surface area (Å²) in [6.45, 7) is 5.38. The zero-order valence-electron chi connectivity index (χ0n) is 20.1. The van der Waals surface area contributed by atoms with Crippen molar-refractivity contribution in [3.8, 4) is 28.7 Å². The number of hydrogen-bond acceptors (Lipinski definition) is 1. The molecule has 0 amide bonds. The highest BCUT2D eigenvalue weighted by molar-refractivity contribution is 5.65. The van der Waals surface area contributed by atoms with Crippen LogP contribution in [0.5, 0.6) is 5.75 Å². The monoisotopic (exact) mass is 436 g/mol. The number of hydrogen-bond donors (Lipinski definition) is 0. The molecule has 1 aliphatic carbocycles. The van der Waals surface area contributed by atoms with Crippen LogP contribution in [0.2, 0.25) is 0 Å². The van der Waals surface area contributed by atoms with Gasteiger partial charge in [-0.15, -0.1) is 0 Å². The largest absolute Gasteiger partial charge is 0.494 e. The first-order valence-corrected chi connectivity index (χ1v) is 12.7. The van der Waals surface area contributed by atoms with Crippen LogP contribution < -0.4 is 4.74 Å².